The number of ether oxygens (including phenoxy) is 1. The van der Waals surface area contributed by atoms with E-state index in [0.717, 1.165) is 5.56 Å². The molecule has 0 aliphatic carbocycles. The number of amides is 3. The van der Waals surface area contributed by atoms with E-state index >= 15 is 0 Å². The first-order valence-corrected chi connectivity index (χ1v) is 11.5. The minimum atomic E-state index is -0.670. The van der Waals surface area contributed by atoms with Crippen molar-refractivity contribution in [2.24, 2.45) is 0 Å². The number of carbonyl (C=O) groups is 3. The Bertz CT molecular complexity index is 1230. The third-order valence-corrected chi connectivity index (χ3v) is 6.73. The van der Waals surface area contributed by atoms with Gasteiger partial charge in [-0.15, -0.1) is 0 Å². The molecule has 3 aliphatic rings. The van der Waals surface area contributed by atoms with Gasteiger partial charge in [-0.2, -0.15) is 5.26 Å². The van der Waals surface area contributed by atoms with Crippen LogP contribution in [0.2, 0.25) is 0 Å². The number of nitrogens with one attached hydrogen (secondary N) is 1. The van der Waals surface area contributed by atoms with Crippen molar-refractivity contribution in [1.82, 2.24) is 15.1 Å². The Morgan fingerprint density at radius 2 is 1.91 bits per heavy atom. The van der Waals surface area contributed by atoms with Crippen LogP contribution in [0.25, 0.3) is 0 Å². The Morgan fingerprint density at radius 1 is 1.11 bits per heavy atom. The highest BCUT2D eigenvalue weighted by molar-refractivity contribution is 6.05. The molecule has 0 radical (unpaired) electrons. The van der Waals surface area contributed by atoms with Gasteiger partial charge in [-0.25, -0.2) is 4.39 Å². The number of nitriles is 1. The zero-order valence-electron chi connectivity index (χ0n) is 19.0. The molecule has 1 atom stereocenters. The van der Waals surface area contributed by atoms with E-state index in [9.17, 15) is 18.8 Å². The van der Waals surface area contributed by atoms with Crippen molar-refractivity contribution in [3.63, 3.8) is 0 Å². The number of hydrogen-bond acceptors (Lipinski definition) is 7. The van der Waals surface area contributed by atoms with Gasteiger partial charge in [-0.1, -0.05) is 6.07 Å². The first kappa shape index (κ1) is 22.8. The Hall–Kier alpha value is -3.97. The number of hydrogen-bond donors (Lipinski definition) is 1. The molecule has 2 aromatic carbocycles. The van der Waals surface area contributed by atoms with Gasteiger partial charge < -0.3 is 14.5 Å². The topological polar surface area (TPSA) is 106 Å². The highest BCUT2D eigenvalue weighted by Gasteiger charge is 2.40. The average molecular weight is 477 g/mol. The second-order valence-electron chi connectivity index (χ2n) is 8.84. The number of piperidine rings is 1. The van der Waals surface area contributed by atoms with Crippen LogP contribution in [-0.2, 0) is 16.1 Å². The molecular weight excluding hydrogens is 453 g/mol. The maximum atomic E-state index is 14.4. The van der Waals surface area contributed by atoms with Crippen molar-refractivity contribution in [3.05, 3.63) is 58.9 Å². The Morgan fingerprint density at radius 3 is 2.63 bits per heavy atom. The zero-order valence-corrected chi connectivity index (χ0v) is 19.0. The molecule has 0 saturated carbocycles. The maximum Gasteiger partial charge on any atom is 0.255 e. The summed E-state index contributed by atoms with van der Waals surface area (Å²) in [5, 5.41) is 11.2. The molecule has 180 valence electrons. The van der Waals surface area contributed by atoms with Crippen LogP contribution < -0.4 is 15.0 Å². The summed E-state index contributed by atoms with van der Waals surface area (Å²) in [5.41, 5.74) is 2.02. The standard InChI is InChI=1S/C25H24FN5O4/c26-19-12-16(13-27)4-5-20(19)30-10-8-29(9-11-30)15-35-22-3-1-2-17-18(22)14-31(25(17)34)21-6-7-23(32)28-24(21)33/h1-5,12,21H,6-11,14-15H2,(H,28,32,33). The molecule has 1 unspecified atom stereocenters. The molecule has 35 heavy (non-hydrogen) atoms. The van der Waals surface area contributed by atoms with E-state index < -0.39 is 17.8 Å². The summed E-state index contributed by atoms with van der Waals surface area (Å²) in [6.07, 6.45) is 0.517. The third kappa shape index (κ3) is 4.42. The summed E-state index contributed by atoms with van der Waals surface area (Å²) < 4.78 is 20.4. The highest BCUT2D eigenvalue weighted by atomic mass is 19.1. The number of fused-ring (bicyclic) bond motifs is 1. The lowest BCUT2D eigenvalue weighted by Crippen LogP contribution is -2.52. The average Bonchev–Trinajstić information content (AvgIpc) is 3.20. The third-order valence-electron chi connectivity index (χ3n) is 6.73. The van der Waals surface area contributed by atoms with Crippen molar-refractivity contribution in [1.29, 1.82) is 5.26 Å². The molecule has 9 nitrogen and oxygen atoms in total. The number of nitrogens with zero attached hydrogens (tertiary/aromatic N) is 4. The molecule has 5 rings (SSSR count). The largest absolute Gasteiger partial charge is 0.478 e. The van der Waals surface area contributed by atoms with Gasteiger partial charge in [0.25, 0.3) is 5.91 Å². The normalized spacial score (nSPS) is 20.5. The van der Waals surface area contributed by atoms with Crippen LogP contribution >= 0.6 is 0 Å². The summed E-state index contributed by atoms with van der Waals surface area (Å²) in [4.78, 5) is 42.3. The van der Waals surface area contributed by atoms with Crippen LogP contribution in [0.3, 0.4) is 0 Å². The van der Waals surface area contributed by atoms with Gasteiger partial charge in [-0.3, -0.25) is 24.6 Å². The van der Waals surface area contributed by atoms with Crippen molar-refractivity contribution < 1.29 is 23.5 Å². The Kier molecular flexibility index (Phi) is 6.09. The highest BCUT2D eigenvalue weighted by Crippen LogP contribution is 2.33. The molecule has 3 heterocycles. The predicted octanol–water partition coefficient (Wildman–Crippen LogP) is 1.62. The van der Waals surface area contributed by atoms with Crippen LogP contribution in [0.1, 0.15) is 34.3 Å². The first-order chi connectivity index (χ1) is 16.9. The number of rotatable bonds is 5. The minimum absolute atomic E-state index is 0.207. The summed E-state index contributed by atoms with van der Waals surface area (Å²) in [6, 6.07) is 11.1. The van der Waals surface area contributed by atoms with Gasteiger partial charge in [0.1, 0.15) is 24.3 Å². The van der Waals surface area contributed by atoms with Crippen molar-refractivity contribution >= 4 is 23.4 Å². The van der Waals surface area contributed by atoms with E-state index in [1.807, 2.05) is 17.0 Å². The van der Waals surface area contributed by atoms with Crippen LogP contribution in [0.4, 0.5) is 10.1 Å². The Balaban J connectivity index is 1.20. The SMILES string of the molecule is N#Cc1ccc(N2CCN(COc3cccc4c3CN(C3CCC(=O)NC3=O)C4=O)CC2)c(F)c1. The fourth-order valence-corrected chi connectivity index (χ4v) is 4.80. The number of benzene rings is 2. The number of piperazine rings is 1. The number of anilines is 1. The number of imide groups is 1. The van der Waals surface area contributed by atoms with E-state index in [-0.39, 0.29) is 24.8 Å². The molecule has 2 fully saturated rings. The lowest BCUT2D eigenvalue weighted by atomic mass is 10.0. The molecule has 2 saturated heterocycles. The van der Waals surface area contributed by atoms with Gasteiger partial charge >= 0.3 is 0 Å². The lowest BCUT2D eigenvalue weighted by molar-refractivity contribution is -0.136. The Labute approximate surface area is 201 Å². The molecular formula is C25H24FN5O4. The van der Waals surface area contributed by atoms with Gasteiger partial charge in [-0.05, 0) is 36.8 Å². The molecule has 0 spiro atoms. The zero-order chi connectivity index (χ0) is 24.5. The van der Waals surface area contributed by atoms with Gasteiger partial charge in [0.05, 0.1) is 23.9 Å². The fourth-order valence-electron chi connectivity index (χ4n) is 4.80. The molecule has 3 aliphatic heterocycles. The van der Waals surface area contributed by atoms with E-state index in [4.69, 9.17) is 10.00 Å². The molecule has 3 amide bonds. The van der Waals surface area contributed by atoms with Crippen LogP contribution in [0, 0.1) is 17.1 Å². The summed E-state index contributed by atoms with van der Waals surface area (Å²) in [7, 11) is 0. The molecule has 0 aromatic heterocycles. The quantitative estimate of drug-likeness (QED) is 0.653. The summed E-state index contributed by atoms with van der Waals surface area (Å²) in [5.74, 6) is -0.814. The van der Waals surface area contributed by atoms with Crippen LogP contribution in [-0.4, -0.2) is 66.5 Å². The van der Waals surface area contributed by atoms with Crippen LogP contribution in [0.5, 0.6) is 5.75 Å². The van der Waals surface area contributed by atoms with E-state index in [2.05, 4.69) is 10.2 Å². The smallest absolute Gasteiger partial charge is 0.255 e. The van der Waals surface area contributed by atoms with Crippen molar-refractivity contribution in [2.75, 3.05) is 37.8 Å². The lowest BCUT2D eigenvalue weighted by Gasteiger charge is -2.36. The number of carbonyl (C=O) groups excluding carboxylic acids is 3. The molecule has 10 heteroatoms. The van der Waals surface area contributed by atoms with Crippen LogP contribution in [0.15, 0.2) is 36.4 Å². The molecule has 2 aromatic rings. The molecule has 0 bridgehead atoms. The summed E-state index contributed by atoms with van der Waals surface area (Å²) >= 11 is 0. The second-order valence-corrected chi connectivity index (χ2v) is 8.84. The van der Waals surface area contributed by atoms with Crippen molar-refractivity contribution in [3.8, 4) is 11.8 Å². The number of halogens is 1. The van der Waals surface area contributed by atoms with E-state index in [1.165, 1.54) is 11.0 Å². The molecule has 1 N–H and O–H groups in total. The van der Waals surface area contributed by atoms with Crippen molar-refractivity contribution in [2.45, 2.75) is 25.4 Å². The van der Waals surface area contributed by atoms with Gasteiger partial charge in [0, 0.05) is 43.7 Å². The monoisotopic (exact) mass is 477 g/mol. The fraction of sp³-hybridized carbons (Fsp3) is 0.360. The predicted molar refractivity (Wildman–Crippen MR) is 123 cm³/mol. The van der Waals surface area contributed by atoms with Gasteiger partial charge in [0.15, 0.2) is 0 Å². The van der Waals surface area contributed by atoms with E-state index in [1.54, 1.807) is 24.3 Å². The van der Waals surface area contributed by atoms with Gasteiger partial charge in [0.2, 0.25) is 11.8 Å². The first-order valence-electron chi connectivity index (χ1n) is 11.5. The maximum absolute atomic E-state index is 14.4. The van der Waals surface area contributed by atoms with E-state index in [0.29, 0.717) is 61.9 Å². The minimum Gasteiger partial charge on any atom is -0.478 e. The second kappa shape index (κ2) is 9.35. The summed E-state index contributed by atoms with van der Waals surface area (Å²) in [6.45, 7) is 3.11.